The molecule has 0 amide bonds. The average molecular weight is 402 g/mol. The molecule has 1 aliphatic heterocycles. The van der Waals surface area contributed by atoms with E-state index in [0.29, 0.717) is 0 Å². The second kappa shape index (κ2) is 6.86. The Labute approximate surface area is 155 Å². The lowest BCUT2D eigenvalue weighted by Crippen LogP contribution is -2.40. The maximum atomic E-state index is 14.1. The summed E-state index contributed by atoms with van der Waals surface area (Å²) in [5.74, 6) is -2.62. The Kier molecular flexibility index (Phi) is 4.88. The van der Waals surface area contributed by atoms with Gasteiger partial charge in [-0.05, 0) is 29.8 Å². The van der Waals surface area contributed by atoms with Crippen LogP contribution in [-0.4, -0.2) is 23.4 Å². The van der Waals surface area contributed by atoms with Crippen molar-refractivity contribution in [2.24, 2.45) is 5.73 Å². The third-order valence-corrected chi connectivity index (χ3v) is 4.26. The molecule has 1 heterocycles. The van der Waals surface area contributed by atoms with E-state index in [1.165, 1.54) is 24.3 Å². The van der Waals surface area contributed by atoms with Gasteiger partial charge in [-0.2, -0.15) is 13.2 Å². The van der Waals surface area contributed by atoms with Gasteiger partial charge in [-0.25, -0.2) is 9.18 Å². The predicted molar refractivity (Wildman–Crippen MR) is 90.8 cm³/mol. The van der Waals surface area contributed by atoms with E-state index < -0.39 is 29.6 Å². The van der Waals surface area contributed by atoms with Crippen molar-refractivity contribution >= 4 is 23.6 Å². The van der Waals surface area contributed by atoms with E-state index >= 15 is 0 Å². The number of benzene rings is 2. The summed E-state index contributed by atoms with van der Waals surface area (Å²) >= 11 is 6.02. The molecule has 1 unspecified atom stereocenters. The monoisotopic (exact) mass is 401 g/mol. The van der Waals surface area contributed by atoms with Crippen LogP contribution in [0.4, 0.5) is 17.6 Å². The smallest absolute Gasteiger partial charge is 0.430 e. The topological polar surface area (TPSA) is 72.5 Å². The molecule has 1 aliphatic rings. The second-order valence-electron chi connectivity index (χ2n) is 5.83. The van der Waals surface area contributed by atoms with Gasteiger partial charge < -0.3 is 15.6 Å². The van der Waals surface area contributed by atoms with Crippen molar-refractivity contribution in [2.75, 3.05) is 0 Å². The van der Waals surface area contributed by atoms with Crippen LogP contribution in [-0.2, 0) is 11.3 Å². The molecule has 1 atom stereocenters. The first-order chi connectivity index (χ1) is 12.6. The van der Waals surface area contributed by atoms with Crippen molar-refractivity contribution in [3.8, 4) is 16.9 Å². The van der Waals surface area contributed by atoms with Gasteiger partial charge in [0, 0.05) is 28.3 Å². The van der Waals surface area contributed by atoms with Crippen molar-refractivity contribution in [1.29, 1.82) is 0 Å². The maximum Gasteiger partial charge on any atom is 0.430 e. The van der Waals surface area contributed by atoms with E-state index in [-0.39, 0.29) is 39.6 Å². The van der Waals surface area contributed by atoms with Gasteiger partial charge in [0.05, 0.1) is 5.57 Å². The zero-order valence-electron chi connectivity index (χ0n) is 13.5. The lowest BCUT2D eigenvalue weighted by Gasteiger charge is -2.28. The molecule has 0 radical (unpaired) electrons. The molecule has 3 N–H and O–H groups in total. The highest BCUT2D eigenvalue weighted by Gasteiger charge is 2.48. The summed E-state index contributed by atoms with van der Waals surface area (Å²) in [7, 11) is 0. The van der Waals surface area contributed by atoms with E-state index in [9.17, 15) is 22.4 Å². The number of hydrogen-bond donors (Lipinski definition) is 2. The largest absolute Gasteiger partial charge is 0.478 e. The van der Waals surface area contributed by atoms with Crippen molar-refractivity contribution < 1.29 is 32.2 Å². The van der Waals surface area contributed by atoms with E-state index in [1.54, 1.807) is 0 Å². The van der Waals surface area contributed by atoms with Gasteiger partial charge in [0.15, 0.2) is 0 Å². The highest BCUT2D eigenvalue weighted by Crippen LogP contribution is 2.44. The number of carboxylic acids is 1. The number of carbonyl (C=O) groups is 1. The normalized spacial score (nSPS) is 16.4. The Hall–Kier alpha value is -2.58. The van der Waals surface area contributed by atoms with Crippen LogP contribution in [0.5, 0.6) is 5.75 Å². The van der Waals surface area contributed by atoms with Gasteiger partial charge in [0.25, 0.3) is 0 Å². The molecule has 27 heavy (non-hydrogen) atoms. The van der Waals surface area contributed by atoms with Gasteiger partial charge in [-0.1, -0.05) is 23.7 Å². The zero-order valence-corrected chi connectivity index (χ0v) is 14.2. The number of aliphatic carboxylic acids is 1. The standard InChI is InChI=1S/C18H12ClF4NO3/c19-11-3-10-4-13(17(25)26)16(18(21,22)23)27-15(10)12(6-11)8-1-2-9(7-24)14(20)5-8/h1-6,16H,7,24H2,(H,25,26). The first-order valence-electron chi connectivity index (χ1n) is 7.62. The summed E-state index contributed by atoms with van der Waals surface area (Å²) in [5.41, 5.74) is 5.06. The van der Waals surface area contributed by atoms with Gasteiger partial charge in [0.1, 0.15) is 11.6 Å². The molecule has 9 heteroatoms. The van der Waals surface area contributed by atoms with Crippen molar-refractivity contribution in [3.63, 3.8) is 0 Å². The third kappa shape index (κ3) is 3.63. The molecule has 2 aromatic carbocycles. The number of nitrogens with two attached hydrogens (primary N) is 1. The molecule has 0 aromatic heterocycles. The summed E-state index contributed by atoms with van der Waals surface area (Å²) < 4.78 is 59.0. The van der Waals surface area contributed by atoms with Crippen molar-refractivity contribution in [3.05, 3.63) is 57.9 Å². The first kappa shape index (κ1) is 19.2. The van der Waals surface area contributed by atoms with E-state index in [2.05, 4.69) is 0 Å². The van der Waals surface area contributed by atoms with Crippen LogP contribution in [0.15, 0.2) is 35.9 Å². The molecule has 0 fully saturated rings. The Morgan fingerprint density at radius 2 is 1.96 bits per heavy atom. The highest BCUT2D eigenvalue weighted by molar-refractivity contribution is 6.31. The fourth-order valence-corrected chi connectivity index (χ4v) is 3.02. The molecule has 142 valence electrons. The van der Waals surface area contributed by atoms with Gasteiger partial charge in [0.2, 0.25) is 6.10 Å². The number of rotatable bonds is 3. The molecule has 0 aliphatic carbocycles. The zero-order chi connectivity index (χ0) is 19.9. The van der Waals surface area contributed by atoms with Gasteiger partial charge >= 0.3 is 12.1 Å². The van der Waals surface area contributed by atoms with Crippen LogP contribution in [0.1, 0.15) is 11.1 Å². The van der Waals surface area contributed by atoms with Crippen LogP contribution in [0, 0.1) is 5.82 Å². The number of fused-ring (bicyclic) bond motifs is 1. The minimum absolute atomic E-state index is 0.0445. The van der Waals surface area contributed by atoms with Crippen molar-refractivity contribution in [2.45, 2.75) is 18.8 Å². The highest BCUT2D eigenvalue weighted by atomic mass is 35.5. The maximum absolute atomic E-state index is 14.1. The average Bonchev–Trinajstić information content (AvgIpc) is 2.58. The molecule has 0 spiro atoms. The van der Waals surface area contributed by atoms with Gasteiger partial charge in [-0.3, -0.25) is 0 Å². The Morgan fingerprint density at radius 3 is 2.52 bits per heavy atom. The number of halogens is 5. The molecule has 0 bridgehead atoms. The number of alkyl halides is 3. The lowest BCUT2D eigenvalue weighted by molar-refractivity contribution is -0.187. The molecule has 0 saturated carbocycles. The minimum atomic E-state index is -4.95. The Bertz CT molecular complexity index is 956. The Balaban J connectivity index is 2.21. The van der Waals surface area contributed by atoms with Crippen LogP contribution in [0.2, 0.25) is 5.02 Å². The first-order valence-corrected chi connectivity index (χ1v) is 8.00. The fraction of sp³-hybridized carbons (Fsp3) is 0.167. The number of ether oxygens (including phenoxy) is 1. The second-order valence-corrected chi connectivity index (χ2v) is 6.26. The quantitative estimate of drug-likeness (QED) is 0.748. The SMILES string of the molecule is NCc1ccc(-c2cc(Cl)cc3c2OC(C(F)(F)F)C(C(=O)O)=C3)cc1F. The van der Waals surface area contributed by atoms with Crippen LogP contribution >= 0.6 is 11.6 Å². The van der Waals surface area contributed by atoms with Crippen molar-refractivity contribution in [1.82, 2.24) is 0 Å². The summed E-state index contributed by atoms with van der Waals surface area (Å²) in [6, 6.07) is 6.58. The van der Waals surface area contributed by atoms with Crippen LogP contribution in [0.25, 0.3) is 17.2 Å². The predicted octanol–water partition coefficient (Wildman–Crippen LogP) is 4.40. The molecule has 4 nitrogen and oxygen atoms in total. The minimum Gasteiger partial charge on any atom is -0.478 e. The van der Waals surface area contributed by atoms with Gasteiger partial charge in [-0.15, -0.1) is 0 Å². The molecular formula is C18H12ClF4NO3. The molecule has 3 rings (SSSR count). The summed E-state index contributed by atoms with van der Waals surface area (Å²) in [4.78, 5) is 11.2. The molecule has 0 saturated heterocycles. The van der Waals surface area contributed by atoms with Crippen LogP contribution in [0.3, 0.4) is 0 Å². The van der Waals surface area contributed by atoms with E-state index in [0.717, 1.165) is 12.1 Å². The third-order valence-electron chi connectivity index (χ3n) is 4.04. The molecular weight excluding hydrogens is 390 g/mol. The van der Waals surface area contributed by atoms with Crippen LogP contribution < -0.4 is 10.5 Å². The number of hydrogen-bond acceptors (Lipinski definition) is 3. The Morgan fingerprint density at radius 1 is 1.26 bits per heavy atom. The fourth-order valence-electron chi connectivity index (χ4n) is 2.79. The molecule has 2 aromatic rings. The summed E-state index contributed by atoms with van der Waals surface area (Å²) in [6.07, 6.45) is -6.75. The lowest BCUT2D eigenvalue weighted by atomic mass is 9.95. The van der Waals surface area contributed by atoms with E-state index in [4.69, 9.17) is 27.2 Å². The number of carboxylic acid groups (broad SMARTS) is 1. The summed E-state index contributed by atoms with van der Waals surface area (Å²) in [6.45, 7) is -0.0445. The van der Waals surface area contributed by atoms with E-state index in [1.807, 2.05) is 0 Å². The summed E-state index contributed by atoms with van der Waals surface area (Å²) in [5, 5.41) is 9.23.